The fraction of sp³-hybridized carbons (Fsp3) is 0.400. The maximum atomic E-state index is 11.8. The summed E-state index contributed by atoms with van der Waals surface area (Å²) < 4.78 is 4.93. The topological polar surface area (TPSA) is 84.5 Å². The minimum absolute atomic E-state index is 0.0410. The van der Waals surface area contributed by atoms with Gasteiger partial charge in [0.2, 0.25) is 5.91 Å². The van der Waals surface area contributed by atoms with Crippen molar-refractivity contribution < 1.29 is 19.1 Å². The molecule has 1 atom stereocenters. The van der Waals surface area contributed by atoms with E-state index in [0.717, 1.165) is 6.42 Å². The van der Waals surface area contributed by atoms with Crippen LogP contribution in [0.25, 0.3) is 0 Å². The van der Waals surface area contributed by atoms with Gasteiger partial charge in [0.1, 0.15) is 0 Å². The van der Waals surface area contributed by atoms with Crippen LogP contribution in [-0.2, 0) is 14.3 Å². The molecule has 6 heteroatoms. The number of nitrogens with one attached hydrogen (secondary N) is 2. The Kier molecular flexibility index (Phi) is 6.39. The van der Waals surface area contributed by atoms with E-state index in [0.29, 0.717) is 5.69 Å². The number of carbonyl (C=O) groups is 3. The molecular weight excluding hydrogens is 272 g/mol. The van der Waals surface area contributed by atoms with E-state index < -0.39 is 5.97 Å². The molecule has 1 aromatic carbocycles. The minimum Gasteiger partial charge on any atom is -0.452 e. The lowest BCUT2D eigenvalue weighted by Gasteiger charge is -2.11. The number of hydrogen-bond donors (Lipinski definition) is 2. The van der Waals surface area contributed by atoms with Gasteiger partial charge in [0, 0.05) is 18.7 Å². The highest BCUT2D eigenvalue weighted by atomic mass is 16.5. The lowest BCUT2D eigenvalue weighted by molar-refractivity contribution is -0.124. The third-order valence-electron chi connectivity index (χ3n) is 2.77. The summed E-state index contributed by atoms with van der Waals surface area (Å²) in [5, 5.41) is 5.27. The minimum atomic E-state index is -0.610. The Balaban J connectivity index is 2.55. The molecule has 0 bridgehead atoms. The molecule has 0 radical (unpaired) electrons. The molecule has 1 aromatic rings. The van der Waals surface area contributed by atoms with Gasteiger partial charge in [-0.25, -0.2) is 4.79 Å². The quantitative estimate of drug-likeness (QED) is 0.782. The highest BCUT2D eigenvalue weighted by Gasteiger charge is 2.12. The van der Waals surface area contributed by atoms with Gasteiger partial charge < -0.3 is 15.4 Å². The van der Waals surface area contributed by atoms with Gasteiger partial charge in [0.25, 0.3) is 5.91 Å². The monoisotopic (exact) mass is 292 g/mol. The van der Waals surface area contributed by atoms with Crippen molar-refractivity contribution >= 4 is 23.5 Å². The molecule has 0 aliphatic carbocycles. The molecule has 2 N–H and O–H groups in total. The van der Waals surface area contributed by atoms with Crippen molar-refractivity contribution in [2.24, 2.45) is 0 Å². The Morgan fingerprint density at radius 1 is 1.29 bits per heavy atom. The summed E-state index contributed by atoms with van der Waals surface area (Å²) in [7, 11) is 0. The van der Waals surface area contributed by atoms with E-state index in [2.05, 4.69) is 10.6 Å². The number of hydrogen-bond acceptors (Lipinski definition) is 4. The molecule has 6 nitrogen and oxygen atoms in total. The average molecular weight is 292 g/mol. The molecule has 0 fully saturated rings. The number of amides is 2. The van der Waals surface area contributed by atoms with Gasteiger partial charge >= 0.3 is 5.97 Å². The van der Waals surface area contributed by atoms with Crippen LogP contribution in [0.1, 0.15) is 37.6 Å². The summed E-state index contributed by atoms with van der Waals surface area (Å²) >= 11 is 0. The van der Waals surface area contributed by atoms with Crippen molar-refractivity contribution in [3.8, 4) is 0 Å². The summed E-state index contributed by atoms with van der Waals surface area (Å²) in [5.41, 5.74) is 0.776. The molecule has 0 aliphatic heterocycles. The van der Waals surface area contributed by atoms with E-state index in [1.165, 1.54) is 13.0 Å². The smallest absolute Gasteiger partial charge is 0.338 e. The van der Waals surface area contributed by atoms with Gasteiger partial charge in [0.05, 0.1) is 5.56 Å². The Morgan fingerprint density at radius 2 is 2.00 bits per heavy atom. The second kappa shape index (κ2) is 8.04. The Labute approximate surface area is 123 Å². The molecule has 0 saturated carbocycles. The zero-order valence-electron chi connectivity index (χ0n) is 12.4. The van der Waals surface area contributed by atoms with E-state index in [-0.39, 0.29) is 30.0 Å². The number of ether oxygens (including phenoxy) is 1. The first-order valence-electron chi connectivity index (χ1n) is 6.76. The van der Waals surface area contributed by atoms with E-state index in [1.54, 1.807) is 18.2 Å². The van der Waals surface area contributed by atoms with Crippen LogP contribution < -0.4 is 10.6 Å². The van der Waals surface area contributed by atoms with Crippen LogP contribution in [0.5, 0.6) is 0 Å². The third-order valence-corrected chi connectivity index (χ3v) is 2.77. The summed E-state index contributed by atoms with van der Waals surface area (Å²) in [6.45, 7) is 4.87. The van der Waals surface area contributed by atoms with Crippen LogP contribution >= 0.6 is 0 Å². The predicted octanol–water partition coefficient (Wildman–Crippen LogP) is 1.72. The van der Waals surface area contributed by atoms with Gasteiger partial charge in [0.15, 0.2) is 6.61 Å². The van der Waals surface area contributed by atoms with E-state index in [1.807, 2.05) is 13.8 Å². The number of anilines is 1. The zero-order valence-corrected chi connectivity index (χ0v) is 12.4. The maximum Gasteiger partial charge on any atom is 0.338 e. The number of benzene rings is 1. The number of carbonyl (C=O) groups excluding carboxylic acids is 3. The maximum absolute atomic E-state index is 11.8. The molecule has 2 amide bonds. The van der Waals surface area contributed by atoms with Gasteiger partial charge in [-0.2, -0.15) is 0 Å². The molecule has 0 aliphatic rings. The number of esters is 1. The first kappa shape index (κ1) is 16.7. The first-order valence-corrected chi connectivity index (χ1v) is 6.76. The van der Waals surface area contributed by atoms with E-state index >= 15 is 0 Å². The van der Waals surface area contributed by atoms with Crippen LogP contribution in [0.15, 0.2) is 24.3 Å². The molecule has 0 saturated heterocycles. The second-order valence-electron chi connectivity index (χ2n) is 4.71. The van der Waals surface area contributed by atoms with Crippen molar-refractivity contribution in [3.05, 3.63) is 29.8 Å². The summed E-state index contributed by atoms with van der Waals surface area (Å²) in [4.78, 5) is 34.3. The van der Waals surface area contributed by atoms with Crippen molar-refractivity contribution in [2.45, 2.75) is 33.2 Å². The van der Waals surface area contributed by atoms with Crippen LogP contribution in [0.4, 0.5) is 5.69 Å². The summed E-state index contributed by atoms with van der Waals surface area (Å²) in [5.74, 6) is -1.18. The predicted molar refractivity (Wildman–Crippen MR) is 78.9 cm³/mol. The normalized spacial score (nSPS) is 11.4. The summed E-state index contributed by atoms with van der Waals surface area (Å²) in [6, 6.07) is 6.38. The molecular formula is C15H20N2O4. The van der Waals surface area contributed by atoms with Crippen molar-refractivity contribution in [1.29, 1.82) is 0 Å². The fourth-order valence-corrected chi connectivity index (χ4v) is 1.56. The second-order valence-corrected chi connectivity index (χ2v) is 4.71. The van der Waals surface area contributed by atoms with Crippen LogP contribution in [0.2, 0.25) is 0 Å². The Hall–Kier alpha value is -2.37. The molecule has 21 heavy (non-hydrogen) atoms. The van der Waals surface area contributed by atoms with Gasteiger partial charge in [-0.1, -0.05) is 13.0 Å². The molecule has 114 valence electrons. The van der Waals surface area contributed by atoms with Crippen LogP contribution in [-0.4, -0.2) is 30.4 Å². The first-order chi connectivity index (χ1) is 9.92. The van der Waals surface area contributed by atoms with Gasteiger partial charge in [-0.05, 0) is 31.5 Å². The van der Waals surface area contributed by atoms with Crippen molar-refractivity contribution in [3.63, 3.8) is 0 Å². The Bertz CT molecular complexity index is 528. The lowest BCUT2D eigenvalue weighted by Crippen LogP contribution is -2.35. The molecule has 0 aromatic heterocycles. The van der Waals surface area contributed by atoms with Gasteiger partial charge in [-0.3, -0.25) is 9.59 Å². The van der Waals surface area contributed by atoms with Crippen molar-refractivity contribution in [1.82, 2.24) is 5.32 Å². The van der Waals surface area contributed by atoms with Crippen LogP contribution in [0, 0.1) is 0 Å². The largest absolute Gasteiger partial charge is 0.452 e. The summed E-state index contributed by atoms with van der Waals surface area (Å²) in [6.07, 6.45) is 0.804. The van der Waals surface area contributed by atoms with Crippen LogP contribution in [0.3, 0.4) is 0 Å². The molecule has 0 unspecified atom stereocenters. The fourth-order valence-electron chi connectivity index (χ4n) is 1.56. The molecule has 0 spiro atoms. The van der Waals surface area contributed by atoms with Gasteiger partial charge in [-0.15, -0.1) is 0 Å². The molecule has 1 rings (SSSR count). The van der Waals surface area contributed by atoms with E-state index in [9.17, 15) is 14.4 Å². The lowest BCUT2D eigenvalue weighted by atomic mass is 10.2. The SMILES string of the molecule is CC[C@@H](C)NC(=O)COC(=O)c1cccc(NC(C)=O)c1. The number of rotatable bonds is 6. The zero-order chi connectivity index (χ0) is 15.8. The average Bonchev–Trinajstić information content (AvgIpc) is 2.44. The Morgan fingerprint density at radius 3 is 2.62 bits per heavy atom. The highest BCUT2D eigenvalue weighted by molar-refractivity contribution is 5.94. The van der Waals surface area contributed by atoms with Crippen molar-refractivity contribution in [2.75, 3.05) is 11.9 Å². The highest BCUT2D eigenvalue weighted by Crippen LogP contribution is 2.11. The third kappa shape index (κ3) is 6.07. The molecule has 0 heterocycles. The standard InChI is InChI=1S/C15H20N2O4/c1-4-10(2)16-14(19)9-21-15(20)12-6-5-7-13(8-12)17-11(3)18/h5-8,10H,4,9H2,1-3H3,(H,16,19)(H,17,18)/t10-/m1/s1. The van der Waals surface area contributed by atoms with E-state index in [4.69, 9.17) is 4.74 Å².